The predicted molar refractivity (Wildman–Crippen MR) is 105 cm³/mol. The van der Waals surface area contributed by atoms with Crippen LogP contribution in [0.15, 0.2) is 48.5 Å². The van der Waals surface area contributed by atoms with Gasteiger partial charge in [0.25, 0.3) is 11.8 Å². The van der Waals surface area contributed by atoms with Crippen molar-refractivity contribution in [2.24, 2.45) is 0 Å². The zero-order chi connectivity index (χ0) is 17.6. The SMILES string of the molecule is O=C(NNC(=O)c1ccccc1Cl)c1ccc(C2SCCCS2)cc1. The molecule has 0 aliphatic carbocycles. The number of carbonyl (C=O) groups is 2. The Kier molecular flexibility index (Phi) is 6.29. The maximum absolute atomic E-state index is 12.2. The van der Waals surface area contributed by atoms with Gasteiger partial charge in [0.1, 0.15) is 0 Å². The molecule has 3 rings (SSSR count). The van der Waals surface area contributed by atoms with E-state index in [0.717, 1.165) is 0 Å². The maximum Gasteiger partial charge on any atom is 0.271 e. The van der Waals surface area contributed by atoms with E-state index in [0.29, 0.717) is 20.7 Å². The molecule has 130 valence electrons. The summed E-state index contributed by atoms with van der Waals surface area (Å²) in [5.41, 5.74) is 6.82. The van der Waals surface area contributed by atoms with E-state index in [4.69, 9.17) is 11.6 Å². The molecule has 4 nitrogen and oxygen atoms in total. The summed E-state index contributed by atoms with van der Waals surface area (Å²) in [5, 5.41) is 0.334. The van der Waals surface area contributed by atoms with Gasteiger partial charge in [-0.3, -0.25) is 20.4 Å². The minimum absolute atomic E-state index is 0.311. The molecule has 0 spiro atoms. The number of nitrogens with one attached hydrogen (secondary N) is 2. The summed E-state index contributed by atoms with van der Waals surface area (Å²) in [7, 11) is 0. The van der Waals surface area contributed by atoms with Crippen LogP contribution in [-0.2, 0) is 0 Å². The highest BCUT2D eigenvalue weighted by Crippen LogP contribution is 2.43. The lowest BCUT2D eigenvalue weighted by Crippen LogP contribution is -2.41. The first-order valence-electron chi connectivity index (χ1n) is 7.83. The molecule has 2 amide bonds. The maximum atomic E-state index is 12.2. The highest BCUT2D eigenvalue weighted by atomic mass is 35.5. The van der Waals surface area contributed by atoms with Gasteiger partial charge in [-0.05, 0) is 47.8 Å². The number of rotatable bonds is 3. The van der Waals surface area contributed by atoms with Crippen LogP contribution in [-0.4, -0.2) is 23.3 Å². The van der Waals surface area contributed by atoms with Crippen LogP contribution in [0.3, 0.4) is 0 Å². The Labute approximate surface area is 160 Å². The fraction of sp³-hybridized carbons (Fsp3) is 0.222. The van der Waals surface area contributed by atoms with Crippen LogP contribution in [0.2, 0.25) is 5.02 Å². The van der Waals surface area contributed by atoms with Crippen LogP contribution in [0.5, 0.6) is 0 Å². The lowest BCUT2D eigenvalue weighted by molar-refractivity contribution is 0.0846. The number of halogens is 1. The molecular formula is C18H17ClN2O2S2. The molecule has 0 atom stereocenters. The lowest BCUT2D eigenvalue weighted by Gasteiger charge is -2.21. The van der Waals surface area contributed by atoms with Gasteiger partial charge in [-0.25, -0.2) is 0 Å². The third-order valence-electron chi connectivity index (χ3n) is 3.68. The topological polar surface area (TPSA) is 58.2 Å². The van der Waals surface area contributed by atoms with E-state index in [-0.39, 0.29) is 5.91 Å². The quantitative estimate of drug-likeness (QED) is 0.765. The fourth-order valence-electron chi connectivity index (χ4n) is 2.37. The smallest absolute Gasteiger partial charge is 0.267 e. The molecule has 0 bridgehead atoms. The van der Waals surface area contributed by atoms with Crippen LogP contribution < -0.4 is 10.9 Å². The number of hydrogen-bond acceptors (Lipinski definition) is 4. The second-order valence-electron chi connectivity index (χ2n) is 5.44. The monoisotopic (exact) mass is 392 g/mol. The van der Waals surface area contributed by atoms with Gasteiger partial charge in [0.15, 0.2) is 0 Å². The van der Waals surface area contributed by atoms with Gasteiger partial charge < -0.3 is 0 Å². The van der Waals surface area contributed by atoms with Crippen molar-refractivity contribution in [3.05, 3.63) is 70.2 Å². The summed E-state index contributed by atoms with van der Waals surface area (Å²) in [4.78, 5) is 24.2. The Morgan fingerprint density at radius 3 is 2.24 bits per heavy atom. The van der Waals surface area contributed by atoms with Gasteiger partial charge in [0.05, 0.1) is 15.2 Å². The van der Waals surface area contributed by atoms with Crippen molar-refractivity contribution in [2.75, 3.05) is 11.5 Å². The molecule has 1 fully saturated rings. The molecule has 0 unspecified atom stereocenters. The summed E-state index contributed by atoms with van der Waals surface area (Å²) >= 11 is 9.84. The number of amides is 2. The molecule has 2 aromatic rings. The highest BCUT2D eigenvalue weighted by molar-refractivity contribution is 8.16. The molecule has 7 heteroatoms. The Morgan fingerprint density at radius 1 is 0.920 bits per heavy atom. The summed E-state index contributed by atoms with van der Waals surface area (Å²) in [6, 6.07) is 14.2. The second kappa shape index (κ2) is 8.65. The predicted octanol–water partition coefficient (Wildman–Crippen LogP) is 4.28. The molecule has 2 N–H and O–H groups in total. The van der Waals surface area contributed by atoms with Gasteiger partial charge in [-0.1, -0.05) is 35.9 Å². The third-order valence-corrected chi connectivity index (χ3v) is 7.02. The van der Waals surface area contributed by atoms with Crippen molar-refractivity contribution in [3.8, 4) is 0 Å². The number of hydrogen-bond donors (Lipinski definition) is 2. The van der Waals surface area contributed by atoms with Gasteiger partial charge in [-0.15, -0.1) is 23.5 Å². The van der Waals surface area contributed by atoms with E-state index in [1.807, 2.05) is 35.7 Å². The average Bonchev–Trinajstić information content (AvgIpc) is 2.67. The number of hydrazine groups is 1. The molecule has 0 radical (unpaired) electrons. The lowest BCUT2D eigenvalue weighted by atomic mass is 10.1. The Bertz CT molecular complexity index is 762. The van der Waals surface area contributed by atoms with Gasteiger partial charge in [0.2, 0.25) is 0 Å². The van der Waals surface area contributed by atoms with E-state index in [1.54, 1.807) is 36.4 Å². The molecular weight excluding hydrogens is 376 g/mol. The molecule has 1 heterocycles. The highest BCUT2D eigenvalue weighted by Gasteiger charge is 2.17. The van der Waals surface area contributed by atoms with Crippen molar-refractivity contribution in [1.29, 1.82) is 0 Å². The summed E-state index contributed by atoms with van der Waals surface area (Å²) in [6.45, 7) is 0. The molecule has 1 aliphatic heterocycles. The number of thioether (sulfide) groups is 2. The zero-order valence-electron chi connectivity index (χ0n) is 13.3. The van der Waals surface area contributed by atoms with Crippen LogP contribution in [0.4, 0.5) is 0 Å². The van der Waals surface area contributed by atoms with Crippen molar-refractivity contribution >= 4 is 46.9 Å². The van der Waals surface area contributed by atoms with E-state index < -0.39 is 5.91 Å². The first-order valence-corrected chi connectivity index (χ1v) is 10.3. The Morgan fingerprint density at radius 2 is 1.56 bits per heavy atom. The van der Waals surface area contributed by atoms with E-state index in [9.17, 15) is 9.59 Å². The zero-order valence-corrected chi connectivity index (χ0v) is 15.7. The largest absolute Gasteiger partial charge is 0.271 e. The minimum Gasteiger partial charge on any atom is -0.267 e. The van der Waals surface area contributed by atoms with E-state index >= 15 is 0 Å². The summed E-state index contributed by atoms with van der Waals surface area (Å²) in [5.74, 6) is 1.53. The first-order chi connectivity index (χ1) is 12.1. The molecule has 0 aromatic heterocycles. The van der Waals surface area contributed by atoms with Crippen molar-refractivity contribution < 1.29 is 9.59 Å². The fourth-order valence-corrected chi connectivity index (χ4v) is 5.49. The third kappa shape index (κ3) is 4.71. The molecule has 2 aromatic carbocycles. The van der Waals surface area contributed by atoms with E-state index in [2.05, 4.69) is 10.9 Å². The Balaban J connectivity index is 1.58. The van der Waals surface area contributed by atoms with Crippen LogP contribution in [0, 0.1) is 0 Å². The van der Waals surface area contributed by atoms with Gasteiger partial charge in [0, 0.05) is 5.56 Å². The van der Waals surface area contributed by atoms with Crippen LogP contribution in [0.25, 0.3) is 0 Å². The number of benzene rings is 2. The molecule has 25 heavy (non-hydrogen) atoms. The number of carbonyl (C=O) groups excluding carboxylic acids is 2. The van der Waals surface area contributed by atoms with Crippen molar-refractivity contribution in [1.82, 2.24) is 10.9 Å². The van der Waals surface area contributed by atoms with Gasteiger partial charge >= 0.3 is 0 Å². The summed E-state index contributed by atoms with van der Waals surface area (Å²) < 4.78 is 0.436. The standard InChI is InChI=1S/C18H17ClN2O2S2/c19-15-5-2-1-4-14(15)17(23)21-20-16(22)12-6-8-13(9-7-12)18-24-10-3-11-25-18/h1-2,4-9,18H,3,10-11H2,(H,20,22)(H,21,23). The van der Waals surface area contributed by atoms with Crippen LogP contribution >= 0.6 is 35.1 Å². The molecule has 0 saturated carbocycles. The second-order valence-corrected chi connectivity index (χ2v) is 8.57. The van der Waals surface area contributed by atoms with E-state index in [1.165, 1.54) is 23.5 Å². The van der Waals surface area contributed by atoms with Crippen molar-refractivity contribution in [2.45, 2.75) is 11.0 Å². The Hall–Kier alpha value is -1.63. The molecule has 1 aliphatic rings. The average molecular weight is 393 g/mol. The minimum atomic E-state index is -0.453. The van der Waals surface area contributed by atoms with Crippen LogP contribution in [0.1, 0.15) is 37.3 Å². The van der Waals surface area contributed by atoms with Crippen molar-refractivity contribution in [3.63, 3.8) is 0 Å². The summed E-state index contributed by atoms with van der Waals surface area (Å²) in [6.07, 6.45) is 1.25. The van der Waals surface area contributed by atoms with Gasteiger partial charge in [-0.2, -0.15) is 0 Å². The molecule has 1 saturated heterocycles. The normalized spacial score (nSPS) is 14.8. The first kappa shape index (κ1) is 18.2.